The Balaban J connectivity index is 1.51. The van der Waals surface area contributed by atoms with Crippen LogP contribution in [0.1, 0.15) is 69.8 Å². The lowest BCUT2D eigenvalue weighted by atomic mass is 9.68. The van der Waals surface area contributed by atoms with Gasteiger partial charge in [-0.3, -0.25) is 0 Å². The molecule has 1 nitrogen and oxygen atoms in total. The van der Waals surface area contributed by atoms with E-state index in [2.05, 4.69) is 11.7 Å². The van der Waals surface area contributed by atoms with Crippen LogP contribution in [0.15, 0.2) is 24.3 Å². The molecule has 0 unspecified atom stereocenters. The van der Waals surface area contributed by atoms with E-state index in [-0.39, 0.29) is 5.75 Å². The summed E-state index contributed by atoms with van der Waals surface area (Å²) >= 11 is 0. The van der Waals surface area contributed by atoms with Crippen molar-refractivity contribution in [2.24, 2.45) is 11.8 Å². The highest BCUT2D eigenvalue weighted by atomic mass is 19.4. The van der Waals surface area contributed by atoms with E-state index in [1.165, 1.54) is 50.7 Å². The van der Waals surface area contributed by atoms with Gasteiger partial charge in [0.2, 0.25) is 0 Å². The van der Waals surface area contributed by atoms with Gasteiger partial charge in [-0.15, -0.1) is 13.2 Å². The van der Waals surface area contributed by atoms with Gasteiger partial charge in [-0.05, 0) is 79.9 Å². The van der Waals surface area contributed by atoms with Gasteiger partial charge in [0.1, 0.15) is 5.75 Å². The number of halogens is 3. The highest BCUT2D eigenvalue weighted by Gasteiger charge is 2.32. The molecule has 1 aromatic rings. The normalized spacial score (nSPS) is 27.2. The first-order chi connectivity index (χ1) is 11.4. The van der Waals surface area contributed by atoms with Gasteiger partial charge in [0, 0.05) is 0 Å². The molecule has 3 rings (SSSR count). The highest BCUT2D eigenvalue weighted by molar-refractivity contribution is 5.30. The zero-order valence-corrected chi connectivity index (χ0v) is 14.2. The van der Waals surface area contributed by atoms with Gasteiger partial charge >= 0.3 is 6.36 Å². The predicted molar refractivity (Wildman–Crippen MR) is 88.7 cm³/mol. The summed E-state index contributed by atoms with van der Waals surface area (Å²) in [5, 5.41) is 0. The number of ether oxygens (including phenoxy) is 1. The van der Waals surface area contributed by atoms with Crippen molar-refractivity contribution < 1.29 is 17.9 Å². The molecule has 24 heavy (non-hydrogen) atoms. The van der Waals surface area contributed by atoms with E-state index in [9.17, 15) is 13.2 Å². The van der Waals surface area contributed by atoms with Gasteiger partial charge in [-0.25, -0.2) is 0 Å². The molecule has 0 spiro atoms. The average molecular weight is 339 g/mol. The summed E-state index contributed by atoms with van der Waals surface area (Å²) in [6, 6.07) is 6.46. The van der Waals surface area contributed by atoms with Crippen LogP contribution in [0.4, 0.5) is 13.2 Å². The lowest BCUT2D eigenvalue weighted by molar-refractivity contribution is -0.274. The third kappa shape index (κ3) is 4.67. The van der Waals surface area contributed by atoms with Gasteiger partial charge < -0.3 is 4.74 Å². The van der Waals surface area contributed by atoms with Gasteiger partial charge in [-0.1, -0.05) is 31.9 Å². The van der Waals surface area contributed by atoms with Crippen LogP contribution in [0.5, 0.6) is 5.75 Å². The van der Waals surface area contributed by atoms with Crippen LogP contribution in [0.2, 0.25) is 0 Å². The van der Waals surface area contributed by atoms with E-state index in [4.69, 9.17) is 0 Å². The van der Waals surface area contributed by atoms with Gasteiger partial charge in [0.05, 0.1) is 0 Å². The molecular weight excluding hydrogens is 313 g/mol. The minimum Gasteiger partial charge on any atom is -0.406 e. The van der Waals surface area contributed by atoms with Crippen LogP contribution in [-0.4, -0.2) is 6.36 Å². The van der Waals surface area contributed by atoms with Crippen LogP contribution in [0.25, 0.3) is 0 Å². The van der Waals surface area contributed by atoms with E-state index in [1.54, 1.807) is 18.1 Å². The zero-order valence-electron chi connectivity index (χ0n) is 14.2. The number of rotatable bonds is 3. The number of alkyl halides is 3. The Kier molecular flexibility index (Phi) is 5.41. The molecule has 0 bridgehead atoms. The smallest absolute Gasteiger partial charge is 0.406 e. The number of hydrogen-bond donors (Lipinski definition) is 0. The van der Waals surface area contributed by atoms with E-state index in [1.807, 2.05) is 0 Å². The summed E-state index contributed by atoms with van der Waals surface area (Å²) in [5.41, 5.74) is 1.14. The summed E-state index contributed by atoms with van der Waals surface area (Å²) in [5.74, 6) is 3.78. The molecule has 0 saturated heterocycles. The standard InChI is InChI=1S/C20H26F3O/c1-14-2-4-15(5-3-14)16-6-8-17(9-7-16)18-10-12-19(13-11-18)24-20(21,22)23/h10-14,16-17H,2-9H2,1H3. The third-order valence-corrected chi connectivity index (χ3v) is 5.81. The first-order valence-corrected chi connectivity index (χ1v) is 9.11. The number of benzene rings is 1. The molecule has 4 heteroatoms. The molecule has 2 saturated carbocycles. The van der Waals surface area contributed by atoms with Crippen molar-refractivity contribution in [3.63, 3.8) is 0 Å². The van der Waals surface area contributed by atoms with Gasteiger partial charge in [-0.2, -0.15) is 0 Å². The van der Waals surface area contributed by atoms with Crippen LogP contribution in [-0.2, 0) is 0 Å². The highest BCUT2D eigenvalue weighted by Crippen LogP contribution is 2.45. The van der Waals surface area contributed by atoms with E-state index >= 15 is 0 Å². The Labute approximate surface area is 142 Å². The molecule has 1 radical (unpaired) electrons. The SMILES string of the molecule is CC1CC[C](C2CCC(c3ccc(OC(F)(F)F)cc3)CC2)CC1. The molecule has 0 aromatic heterocycles. The molecule has 0 heterocycles. The molecule has 0 amide bonds. The average Bonchev–Trinajstić information content (AvgIpc) is 2.55. The molecule has 2 aliphatic carbocycles. The Bertz CT molecular complexity index is 507. The lowest BCUT2D eigenvalue weighted by Gasteiger charge is -2.37. The first-order valence-electron chi connectivity index (χ1n) is 9.11. The topological polar surface area (TPSA) is 9.23 Å². The minimum atomic E-state index is -4.62. The van der Waals surface area contributed by atoms with Crippen molar-refractivity contribution in [2.75, 3.05) is 0 Å². The summed E-state index contributed by atoms with van der Waals surface area (Å²) in [7, 11) is 0. The summed E-state index contributed by atoms with van der Waals surface area (Å²) in [6.07, 6.45) is 5.43. The summed E-state index contributed by atoms with van der Waals surface area (Å²) < 4.78 is 40.6. The molecule has 0 aliphatic heterocycles. The van der Waals surface area contributed by atoms with Crippen molar-refractivity contribution in [3.8, 4) is 5.75 Å². The van der Waals surface area contributed by atoms with Gasteiger partial charge in [0.15, 0.2) is 0 Å². The quantitative estimate of drug-likeness (QED) is 0.599. The second kappa shape index (κ2) is 7.37. The fourth-order valence-electron chi connectivity index (χ4n) is 4.32. The molecular formula is C20H26F3O. The zero-order chi connectivity index (χ0) is 17.2. The summed E-state index contributed by atoms with van der Waals surface area (Å²) in [6.45, 7) is 2.35. The Morgan fingerprint density at radius 2 is 1.38 bits per heavy atom. The van der Waals surface area contributed by atoms with E-state index in [0.29, 0.717) is 5.92 Å². The fourth-order valence-corrected chi connectivity index (χ4v) is 4.32. The fraction of sp³-hybridized carbons (Fsp3) is 0.650. The van der Waals surface area contributed by atoms with Gasteiger partial charge in [0.25, 0.3) is 0 Å². The van der Waals surface area contributed by atoms with Crippen molar-refractivity contribution >= 4 is 0 Å². The monoisotopic (exact) mass is 339 g/mol. The van der Waals surface area contributed by atoms with Crippen LogP contribution >= 0.6 is 0 Å². The largest absolute Gasteiger partial charge is 0.573 e. The maximum Gasteiger partial charge on any atom is 0.573 e. The first kappa shape index (κ1) is 17.6. The van der Waals surface area contributed by atoms with Crippen LogP contribution in [0, 0.1) is 17.8 Å². The van der Waals surface area contributed by atoms with Crippen molar-refractivity contribution in [1.82, 2.24) is 0 Å². The van der Waals surface area contributed by atoms with E-state index in [0.717, 1.165) is 30.2 Å². The Hall–Kier alpha value is -1.19. The second-order valence-electron chi connectivity index (χ2n) is 7.51. The van der Waals surface area contributed by atoms with E-state index < -0.39 is 6.36 Å². The molecule has 133 valence electrons. The molecule has 2 aliphatic rings. The second-order valence-corrected chi connectivity index (χ2v) is 7.51. The van der Waals surface area contributed by atoms with Crippen molar-refractivity contribution in [2.45, 2.75) is 70.6 Å². The maximum atomic E-state index is 12.2. The molecule has 1 aromatic carbocycles. The van der Waals surface area contributed by atoms with Crippen LogP contribution in [0.3, 0.4) is 0 Å². The lowest BCUT2D eigenvalue weighted by Crippen LogP contribution is -2.23. The minimum absolute atomic E-state index is 0.133. The van der Waals surface area contributed by atoms with Crippen LogP contribution < -0.4 is 4.74 Å². The predicted octanol–water partition coefficient (Wildman–Crippen LogP) is 6.64. The van der Waals surface area contributed by atoms with Crippen molar-refractivity contribution in [1.29, 1.82) is 0 Å². The Morgan fingerprint density at radius 1 is 0.833 bits per heavy atom. The molecule has 0 atom stereocenters. The third-order valence-electron chi connectivity index (χ3n) is 5.81. The molecule has 2 fully saturated rings. The molecule has 0 N–H and O–H groups in total. The van der Waals surface area contributed by atoms with Crippen molar-refractivity contribution in [3.05, 3.63) is 35.7 Å². The Morgan fingerprint density at radius 3 is 1.92 bits per heavy atom. The maximum absolute atomic E-state index is 12.2. The summed E-state index contributed by atoms with van der Waals surface area (Å²) in [4.78, 5) is 0. The number of hydrogen-bond acceptors (Lipinski definition) is 1.